The van der Waals surface area contributed by atoms with Crippen LogP contribution in [0, 0.1) is 5.92 Å². The molecule has 1 atom stereocenters. The van der Waals surface area contributed by atoms with Gasteiger partial charge in [-0.3, -0.25) is 0 Å². The zero-order valence-corrected chi connectivity index (χ0v) is 19.4. The fourth-order valence-electron chi connectivity index (χ4n) is 3.04. The van der Waals surface area contributed by atoms with Crippen molar-refractivity contribution in [3.05, 3.63) is 63.1 Å². The number of hydrogen-bond donors (Lipinski definition) is 1. The van der Waals surface area contributed by atoms with Crippen LogP contribution in [0.3, 0.4) is 0 Å². The molecule has 2 aromatic rings. The Kier molecular flexibility index (Phi) is 7.13. The number of benzene rings is 2. The molecule has 0 bridgehead atoms. The fraction of sp³-hybridized carbons (Fsp3) is 0.318. The number of carboxylic acids is 1. The highest BCUT2D eigenvalue weighted by molar-refractivity contribution is 6.50. The second kappa shape index (κ2) is 9.27. The molecule has 1 unspecified atom stereocenters. The van der Waals surface area contributed by atoms with Crippen LogP contribution in [-0.4, -0.2) is 22.0 Å². The van der Waals surface area contributed by atoms with E-state index in [1.807, 2.05) is 6.07 Å². The lowest BCUT2D eigenvalue weighted by atomic mass is 9.97. The lowest BCUT2D eigenvalue weighted by Crippen LogP contribution is -2.07. The molecule has 30 heavy (non-hydrogen) atoms. The van der Waals surface area contributed by atoms with Crippen LogP contribution in [-0.2, 0) is 11.4 Å². The van der Waals surface area contributed by atoms with E-state index in [-0.39, 0.29) is 28.1 Å². The van der Waals surface area contributed by atoms with Crippen molar-refractivity contribution in [2.45, 2.75) is 31.2 Å². The van der Waals surface area contributed by atoms with Crippen molar-refractivity contribution >= 4 is 57.9 Å². The number of aliphatic carboxylic acids is 1. The molecule has 1 aliphatic carbocycles. The Morgan fingerprint density at radius 1 is 1.13 bits per heavy atom. The van der Waals surface area contributed by atoms with Crippen molar-refractivity contribution < 1.29 is 19.4 Å². The number of allylic oxidation sites excluding steroid dienone is 1. The SMILES string of the molecule is CC(C)=C(C(=O)O)c1ccccc1COc1c(Cl)cc(OCC2CC2(Cl)Cl)cc1Cl. The van der Waals surface area contributed by atoms with Crippen molar-refractivity contribution in [3.63, 3.8) is 0 Å². The van der Waals surface area contributed by atoms with E-state index < -0.39 is 10.3 Å². The molecule has 3 rings (SSSR count). The number of hydrogen-bond acceptors (Lipinski definition) is 3. The van der Waals surface area contributed by atoms with Crippen LogP contribution in [0.4, 0.5) is 0 Å². The maximum absolute atomic E-state index is 11.7. The first-order valence-corrected chi connectivity index (χ1v) is 10.7. The zero-order valence-electron chi connectivity index (χ0n) is 16.3. The minimum absolute atomic E-state index is 0.0734. The zero-order chi connectivity index (χ0) is 22.1. The summed E-state index contributed by atoms with van der Waals surface area (Å²) in [4.78, 5) is 11.7. The standard InChI is InChI=1S/C22H20Cl4O4/c1-12(2)19(21(27)28)16-6-4-3-5-13(16)10-30-20-17(23)7-15(8-18(20)24)29-11-14-9-22(14,25)26/h3-8,14H,9-11H2,1-2H3,(H,27,28). The van der Waals surface area contributed by atoms with Gasteiger partial charge in [-0.2, -0.15) is 0 Å². The van der Waals surface area contributed by atoms with E-state index in [1.54, 1.807) is 44.2 Å². The highest BCUT2D eigenvalue weighted by Gasteiger charge is 2.52. The minimum atomic E-state index is -0.992. The predicted molar refractivity (Wildman–Crippen MR) is 121 cm³/mol. The average Bonchev–Trinajstić information content (AvgIpc) is 3.26. The first-order chi connectivity index (χ1) is 14.1. The van der Waals surface area contributed by atoms with Crippen molar-refractivity contribution in [1.29, 1.82) is 0 Å². The maximum Gasteiger partial charge on any atom is 0.336 e. The Bertz CT molecular complexity index is 973. The Morgan fingerprint density at radius 2 is 1.73 bits per heavy atom. The summed E-state index contributed by atoms with van der Waals surface area (Å²) in [5, 5.41) is 10.2. The van der Waals surface area contributed by atoms with Crippen molar-refractivity contribution in [3.8, 4) is 11.5 Å². The van der Waals surface area contributed by atoms with Gasteiger partial charge in [-0.25, -0.2) is 4.79 Å². The van der Waals surface area contributed by atoms with E-state index in [0.29, 0.717) is 41.2 Å². The summed E-state index contributed by atoms with van der Waals surface area (Å²) < 4.78 is 10.8. The smallest absolute Gasteiger partial charge is 0.336 e. The van der Waals surface area contributed by atoms with Gasteiger partial charge < -0.3 is 14.6 Å². The summed E-state index contributed by atoms with van der Waals surface area (Å²) in [5.74, 6) is -0.130. The van der Waals surface area contributed by atoms with Crippen molar-refractivity contribution in [1.82, 2.24) is 0 Å². The largest absolute Gasteiger partial charge is 0.493 e. The van der Waals surface area contributed by atoms with E-state index >= 15 is 0 Å². The highest BCUT2D eigenvalue weighted by atomic mass is 35.5. The normalized spacial score (nSPS) is 16.7. The molecule has 0 amide bonds. The van der Waals surface area contributed by atoms with Gasteiger partial charge in [-0.1, -0.05) is 53.0 Å². The van der Waals surface area contributed by atoms with E-state index in [9.17, 15) is 9.90 Å². The number of carbonyl (C=O) groups is 1. The molecule has 1 fully saturated rings. The Balaban J connectivity index is 1.75. The molecule has 0 saturated heterocycles. The van der Waals surface area contributed by atoms with Gasteiger partial charge in [0.05, 0.1) is 22.2 Å². The van der Waals surface area contributed by atoms with Gasteiger partial charge in [-0.15, -0.1) is 23.2 Å². The van der Waals surface area contributed by atoms with E-state index in [4.69, 9.17) is 55.9 Å². The molecule has 2 aromatic carbocycles. The van der Waals surface area contributed by atoms with Gasteiger partial charge in [0, 0.05) is 18.1 Å². The lowest BCUT2D eigenvalue weighted by Gasteiger charge is -2.15. The van der Waals surface area contributed by atoms with Gasteiger partial charge in [0.15, 0.2) is 5.75 Å². The van der Waals surface area contributed by atoms with Gasteiger partial charge in [-0.05, 0) is 31.4 Å². The van der Waals surface area contributed by atoms with E-state index in [2.05, 4.69) is 0 Å². The molecular weight excluding hydrogens is 470 g/mol. The number of carboxylic acid groups (broad SMARTS) is 1. The summed E-state index contributed by atoms with van der Waals surface area (Å²) in [6.45, 7) is 3.98. The molecule has 1 N–H and O–H groups in total. The molecule has 0 spiro atoms. The average molecular weight is 490 g/mol. The van der Waals surface area contributed by atoms with Crippen LogP contribution in [0.1, 0.15) is 31.4 Å². The Hall–Kier alpha value is -1.59. The summed E-state index contributed by atoms with van der Waals surface area (Å²) in [6, 6.07) is 10.4. The van der Waals surface area contributed by atoms with Gasteiger partial charge in [0.1, 0.15) is 16.7 Å². The molecule has 8 heteroatoms. The molecule has 1 aliphatic rings. The lowest BCUT2D eigenvalue weighted by molar-refractivity contribution is -0.130. The number of halogens is 4. The number of alkyl halides is 2. The van der Waals surface area contributed by atoms with Crippen molar-refractivity contribution in [2.75, 3.05) is 6.61 Å². The summed E-state index contributed by atoms with van der Waals surface area (Å²) >= 11 is 24.7. The highest BCUT2D eigenvalue weighted by Crippen LogP contribution is 2.53. The van der Waals surface area contributed by atoms with Gasteiger partial charge in [0.25, 0.3) is 0 Å². The summed E-state index contributed by atoms with van der Waals surface area (Å²) in [6.07, 6.45) is 0.683. The quantitative estimate of drug-likeness (QED) is 0.319. The van der Waals surface area contributed by atoms with Crippen LogP contribution in [0.2, 0.25) is 10.0 Å². The Labute approximate surface area is 195 Å². The van der Waals surface area contributed by atoms with Crippen molar-refractivity contribution in [2.24, 2.45) is 5.92 Å². The first-order valence-electron chi connectivity index (χ1n) is 9.21. The molecular formula is C22H20Cl4O4. The maximum atomic E-state index is 11.7. The second-order valence-electron chi connectivity index (χ2n) is 7.32. The third kappa shape index (κ3) is 5.36. The van der Waals surface area contributed by atoms with Crippen LogP contribution in [0.5, 0.6) is 11.5 Å². The first kappa shape index (κ1) is 23.1. The topological polar surface area (TPSA) is 55.8 Å². The third-order valence-electron chi connectivity index (χ3n) is 4.75. The molecule has 0 aromatic heterocycles. The van der Waals surface area contributed by atoms with Crippen LogP contribution in [0.25, 0.3) is 5.57 Å². The molecule has 4 nitrogen and oxygen atoms in total. The molecule has 160 valence electrons. The van der Waals surface area contributed by atoms with E-state index in [1.165, 1.54) is 0 Å². The van der Waals surface area contributed by atoms with E-state index in [0.717, 1.165) is 0 Å². The number of rotatable bonds is 8. The fourth-order valence-corrected chi connectivity index (χ4v) is 4.12. The monoisotopic (exact) mass is 488 g/mol. The van der Waals surface area contributed by atoms with Gasteiger partial charge >= 0.3 is 5.97 Å². The second-order valence-corrected chi connectivity index (χ2v) is 9.67. The van der Waals surface area contributed by atoms with Gasteiger partial charge in [0.2, 0.25) is 0 Å². The van der Waals surface area contributed by atoms with Crippen LogP contribution >= 0.6 is 46.4 Å². The van der Waals surface area contributed by atoms with Crippen LogP contribution < -0.4 is 9.47 Å². The Morgan fingerprint density at radius 3 is 2.27 bits per heavy atom. The summed E-state index contributed by atoms with van der Waals surface area (Å²) in [7, 11) is 0. The predicted octanol–water partition coefficient (Wildman–Crippen LogP) is 7.02. The van der Waals surface area contributed by atoms with Crippen LogP contribution in [0.15, 0.2) is 42.0 Å². The molecule has 0 heterocycles. The minimum Gasteiger partial charge on any atom is -0.493 e. The molecule has 0 radical (unpaired) electrons. The molecule has 1 saturated carbocycles. The molecule has 0 aliphatic heterocycles. The number of ether oxygens (including phenoxy) is 2. The third-order valence-corrected chi connectivity index (χ3v) is 6.24. The summed E-state index contributed by atoms with van der Waals surface area (Å²) in [5.41, 5.74) is 2.23.